The molecule has 1 heterocycles. The molecule has 0 aliphatic carbocycles. The van der Waals surface area contributed by atoms with Crippen molar-refractivity contribution in [3.63, 3.8) is 0 Å². The minimum absolute atomic E-state index is 0.00979. The third kappa shape index (κ3) is 3.14. The second-order valence-electron chi connectivity index (χ2n) is 3.58. The van der Waals surface area contributed by atoms with Crippen LogP contribution in [0.3, 0.4) is 0 Å². The van der Waals surface area contributed by atoms with Crippen LogP contribution in [0.1, 0.15) is 19.3 Å². The smallest absolute Gasteiger partial charge is 0.345 e. The van der Waals surface area contributed by atoms with Crippen molar-refractivity contribution in [2.24, 2.45) is 0 Å². The molecule has 0 aliphatic rings. The minimum Gasteiger partial charge on any atom is -0.477 e. The van der Waals surface area contributed by atoms with E-state index in [1.54, 1.807) is 0 Å². The van der Waals surface area contributed by atoms with Gasteiger partial charge in [0.1, 0.15) is 16.5 Å². The second kappa shape index (κ2) is 5.15. The fraction of sp³-hybridized carbons (Fsp3) is 0. The average molecular weight is 283 g/mol. The van der Waals surface area contributed by atoms with Crippen LogP contribution in [0, 0.1) is 11.6 Å². The third-order valence-corrected chi connectivity index (χ3v) is 3.23. The first kappa shape index (κ1) is 13.2. The molecule has 1 aromatic carbocycles. The number of carboxylic acid groups (broad SMARTS) is 1. The maximum Gasteiger partial charge on any atom is 0.345 e. The molecular weight excluding hydrogens is 276 g/mol. The summed E-state index contributed by atoms with van der Waals surface area (Å²) in [5.41, 5.74) is -0.0345. The van der Waals surface area contributed by atoms with Gasteiger partial charge in [-0.25, -0.2) is 13.6 Å². The molecule has 0 fully saturated rings. The summed E-state index contributed by atoms with van der Waals surface area (Å²) in [6.07, 6.45) is 0. The van der Waals surface area contributed by atoms with Crippen LogP contribution in [-0.2, 0) is 0 Å². The van der Waals surface area contributed by atoms with E-state index in [-0.39, 0.29) is 15.4 Å². The molecule has 0 radical (unpaired) electrons. The summed E-state index contributed by atoms with van der Waals surface area (Å²) in [5.74, 6) is -3.39. The fourth-order valence-corrected chi connectivity index (χ4v) is 2.13. The molecule has 0 atom stereocenters. The Kier molecular flexibility index (Phi) is 3.57. The molecule has 98 valence electrons. The SMILES string of the molecule is O=C(O)c1ccc(C(=O)Nc2cc(F)cc(F)c2)s1. The van der Waals surface area contributed by atoms with Crippen molar-refractivity contribution >= 4 is 28.9 Å². The Labute approximate surface area is 110 Å². The van der Waals surface area contributed by atoms with Gasteiger partial charge in [0.15, 0.2) is 0 Å². The monoisotopic (exact) mass is 283 g/mol. The molecule has 2 N–H and O–H groups in total. The number of rotatable bonds is 3. The Morgan fingerprint density at radius 1 is 1.05 bits per heavy atom. The Bertz CT molecular complexity index is 634. The van der Waals surface area contributed by atoms with E-state index >= 15 is 0 Å². The van der Waals surface area contributed by atoms with Crippen molar-refractivity contribution in [2.75, 3.05) is 5.32 Å². The number of amides is 1. The van der Waals surface area contributed by atoms with Crippen LogP contribution in [0.5, 0.6) is 0 Å². The van der Waals surface area contributed by atoms with E-state index in [9.17, 15) is 18.4 Å². The number of halogens is 2. The molecule has 0 saturated heterocycles. The molecule has 0 spiro atoms. The fourth-order valence-electron chi connectivity index (χ4n) is 1.39. The number of carboxylic acids is 1. The van der Waals surface area contributed by atoms with Crippen molar-refractivity contribution in [2.45, 2.75) is 0 Å². The average Bonchev–Trinajstić information content (AvgIpc) is 2.76. The van der Waals surface area contributed by atoms with Gasteiger partial charge in [0.25, 0.3) is 5.91 Å². The van der Waals surface area contributed by atoms with Crippen LogP contribution in [0.15, 0.2) is 30.3 Å². The van der Waals surface area contributed by atoms with Crippen LogP contribution in [0.4, 0.5) is 14.5 Å². The zero-order chi connectivity index (χ0) is 14.0. The highest BCUT2D eigenvalue weighted by molar-refractivity contribution is 7.15. The number of anilines is 1. The Hall–Kier alpha value is -2.28. The molecule has 19 heavy (non-hydrogen) atoms. The molecule has 4 nitrogen and oxygen atoms in total. The summed E-state index contributed by atoms with van der Waals surface area (Å²) >= 11 is 0.778. The lowest BCUT2D eigenvalue weighted by Crippen LogP contribution is -2.10. The lowest BCUT2D eigenvalue weighted by atomic mass is 10.3. The summed E-state index contributed by atoms with van der Waals surface area (Å²) in [4.78, 5) is 22.5. The van der Waals surface area contributed by atoms with Gasteiger partial charge >= 0.3 is 5.97 Å². The highest BCUT2D eigenvalue weighted by Crippen LogP contribution is 2.19. The first-order valence-electron chi connectivity index (χ1n) is 5.06. The standard InChI is InChI=1S/C12H7F2NO3S/c13-6-3-7(14)5-8(4-6)15-11(16)9-1-2-10(19-9)12(17)18/h1-5H,(H,15,16)(H,17,18). The van der Waals surface area contributed by atoms with Crippen molar-refractivity contribution in [3.05, 3.63) is 51.7 Å². The summed E-state index contributed by atoms with van der Waals surface area (Å²) in [6.45, 7) is 0. The van der Waals surface area contributed by atoms with E-state index in [0.29, 0.717) is 6.07 Å². The van der Waals surface area contributed by atoms with Gasteiger partial charge in [-0.15, -0.1) is 11.3 Å². The van der Waals surface area contributed by atoms with Gasteiger partial charge in [-0.05, 0) is 24.3 Å². The topological polar surface area (TPSA) is 66.4 Å². The minimum atomic E-state index is -1.14. The number of hydrogen-bond acceptors (Lipinski definition) is 3. The van der Waals surface area contributed by atoms with Crippen LogP contribution in [-0.4, -0.2) is 17.0 Å². The number of hydrogen-bond donors (Lipinski definition) is 2. The van der Waals surface area contributed by atoms with E-state index in [2.05, 4.69) is 5.32 Å². The van der Waals surface area contributed by atoms with Gasteiger partial charge in [-0.3, -0.25) is 4.79 Å². The molecule has 0 aliphatic heterocycles. The van der Waals surface area contributed by atoms with Gasteiger partial charge in [-0.2, -0.15) is 0 Å². The molecule has 0 unspecified atom stereocenters. The molecule has 1 aromatic heterocycles. The van der Waals surface area contributed by atoms with E-state index in [4.69, 9.17) is 5.11 Å². The predicted molar refractivity (Wildman–Crippen MR) is 65.6 cm³/mol. The lowest BCUT2D eigenvalue weighted by molar-refractivity contribution is 0.0702. The molecule has 1 amide bonds. The largest absolute Gasteiger partial charge is 0.477 e. The van der Waals surface area contributed by atoms with Gasteiger partial charge in [-0.1, -0.05) is 0 Å². The highest BCUT2D eigenvalue weighted by Gasteiger charge is 2.13. The zero-order valence-electron chi connectivity index (χ0n) is 9.31. The van der Waals surface area contributed by atoms with E-state index < -0.39 is 23.5 Å². The quantitative estimate of drug-likeness (QED) is 0.910. The van der Waals surface area contributed by atoms with Crippen molar-refractivity contribution in [1.29, 1.82) is 0 Å². The van der Waals surface area contributed by atoms with Crippen LogP contribution >= 0.6 is 11.3 Å². The van der Waals surface area contributed by atoms with Crippen LogP contribution in [0.25, 0.3) is 0 Å². The molecule has 7 heteroatoms. The van der Waals surface area contributed by atoms with E-state index in [0.717, 1.165) is 23.5 Å². The molecule has 2 aromatic rings. The molecular formula is C12H7F2NO3S. The van der Waals surface area contributed by atoms with Crippen molar-refractivity contribution in [1.82, 2.24) is 0 Å². The van der Waals surface area contributed by atoms with Crippen LogP contribution < -0.4 is 5.32 Å². The number of carbonyl (C=O) groups excluding carboxylic acids is 1. The number of benzene rings is 1. The summed E-state index contributed by atoms with van der Waals surface area (Å²) in [7, 11) is 0. The normalized spacial score (nSPS) is 10.2. The summed E-state index contributed by atoms with van der Waals surface area (Å²) in [5, 5.41) is 11.0. The molecule has 2 rings (SSSR count). The zero-order valence-corrected chi connectivity index (χ0v) is 10.1. The van der Waals surface area contributed by atoms with Crippen molar-refractivity contribution < 1.29 is 23.5 Å². The van der Waals surface area contributed by atoms with E-state index in [1.807, 2.05) is 0 Å². The number of nitrogens with one attached hydrogen (secondary N) is 1. The number of carbonyl (C=O) groups is 2. The third-order valence-electron chi connectivity index (χ3n) is 2.16. The van der Waals surface area contributed by atoms with Gasteiger partial charge in [0.05, 0.1) is 4.88 Å². The molecule has 0 bridgehead atoms. The van der Waals surface area contributed by atoms with E-state index in [1.165, 1.54) is 12.1 Å². The lowest BCUT2D eigenvalue weighted by Gasteiger charge is -2.03. The second-order valence-corrected chi connectivity index (χ2v) is 4.67. The first-order valence-corrected chi connectivity index (χ1v) is 5.88. The highest BCUT2D eigenvalue weighted by atomic mass is 32.1. The van der Waals surface area contributed by atoms with Gasteiger partial charge in [0, 0.05) is 11.8 Å². The molecule has 0 saturated carbocycles. The Morgan fingerprint density at radius 2 is 1.63 bits per heavy atom. The Balaban J connectivity index is 2.18. The summed E-state index contributed by atoms with van der Waals surface area (Å²) in [6, 6.07) is 5.23. The summed E-state index contributed by atoms with van der Waals surface area (Å²) < 4.78 is 25.8. The maximum absolute atomic E-state index is 12.9. The number of aromatic carboxylic acids is 1. The number of thiophene rings is 1. The maximum atomic E-state index is 12.9. The first-order chi connectivity index (χ1) is 8.95. The van der Waals surface area contributed by atoms with Crippen molar-refractivity contribution in [3.8, 4) is 0 Å². The van der Waals surface area contributed by atoms with Gasteiger partial charge in [0.2, 0.25) is 0 Å². The van der Waals surface area contributed by atoms with Gasteiger partial charge < -0.3 is 10.4 Å². The van der Waals surface area contributed by atoms with Crippen LogP contribution in [0.2, 0.25) is 0 Å². The Morgan fingerprint density at radius 3 is 2.16 bits per heavy atom. The predicted octanol–water partition coefficient (Wildman–Crippen LogP) is 2.98.